The van der Waals surface area contributed by atoms with Crippen LogP contribution in [0.25, 0.3) is 0 Å². The quantitative estimate of drug-likeness (QED) is 0.847. The van der Waals surface area contributed by atoms with Crippen LogP contribution in [0.15, 0.2) is 40.4 Å². The average Bonchev–Trinajstić information content (AvgIpc) is 3.02. The number of carbonyl (C=O) groups is 1. The van der Waals surface area contributed by atoms with Crippen molar-refractivity contribution >= 4 is 23.4 Å². The maximum absolute atomic E-state index is 12.1. The zero-order valence-electron chi connectivity index (χ0n) is 13.5. The molecule has 5 heteroatoms. The number of nitrogens with one attached hydrogen (secondary N) is 1. The molecule has 1 N–H and O–H groups in total. The van der Waals surface area contributed by atoms with E-state index in [9.17, 15) is 4.79 Å². The van der Waals surface area contributed by atoms with Crippen LogP contribution in [0.4, 0.5) is 5.69 Å². The van der Waals surface area contributed by atoms with Crippen LogP contribution >= 0.6 is 11.8 Å². The number of benzene rings is 1. The number of hydrogen-bond donors (Lipinski definition) is 1. The maximum atomic E-state index is 12.1. The van der Waals surface area contributed by atoms with E-state index in [1.54, 1.807) is 0 Å². The van der Waals surface area contributed by atoms with Gasteiger partial charge in [-0.1, -0.05) is 12.8 Å². The first kappa shape index (κ1) is 16.0. The molecular formula is C18H21N3OS. The van der Waals surface area contributed by atoms with Gasteiger partial charge in [0.1, 0.15) is 0 Å². The van der Waals surface area contributed by atoms with Crippen molar-refractivity contribution in [2.75, 3.05) is 5.32 Å². The van der Waals surface area contributed by atoms with E-state index in [4.69, 9.17) is 0 Å². The van der Waals surface area contributed by atoms with Gasteiger partial charge in [0.25, 0.3) is 0 Å². The molecule has 23 heavy (non-hydrogen) atoms. The Kier molecular flexibility index (Phi) is 4.96. The number of nitrogens with zero attached hydrogens (tertiary/aromatic N) is 2. The Morgan fingerprint density at radius 3 is 2.30 bits per heavy atom. The number of aryl methyl sites for hydroxylation is 2. The zero-order chi connectivity index (χ0) is 16.2. The van der Waals surface area contributed by atoms with Gasteiger partial charge in [0.05, 0.1) is 0 Å². The van der Waals surface area contributed by atoms with E-state index in [1.165, 1.54) is 24.6 Å². The molecule has 1 aromatic heterocycles. The molecule has 0 spiro atoms. The monoisotopic (exact) mass is 327 g/mol. The summed E-state index contributed by atoms with van der Waals surface area (Å²) >= 11 is 1.53. The third-order valence-corrected chi connectivity index (χ3v) is 4.89. The van der Waals surface area contributed by atoms with Crippen LogP contribution in [-0.2, 0) is 4.79 Å². The van der Waals surface area contributed by atoms with Crippen molar-refractivity contribution in [2.24, 2.45) is 5.92 Å². The highest BCUT2D eigenvalue weighted by atomic mass is 32.2. The minimum absolute atomic E-state index is 0.153. The van der Waals surface area contributed by atoms with E-state index < -0.39 is 0 Å². The van der Waals surface area contributed by atoms with E-state index in [0.29, 0.717) is 0 Å². The summed E-state index contributed by atoms with van der Waals surface area (Å²) in [6.07, 6.45) is 4.38. The van der Waals surface area contributed by atoms with Gasteiger partial charge in [0, 0.05) is 27.9 Å². The Morgan fingerprint density at radius 1 is 1.09 bits per heavy atom. The molecule has 1 amide bonds. The van der Waals surface area contributed by atoms with Gasteiger partial charge in [-0.15, -0.1) is 0 Å². The molecule has 0 radical (unpaired) electrons. The molecule has 3 rings (SSSR count). The lowest BCUT2D eigenvalue weighted by Gasteiger charge is -2.10. The molecule has 1 fully saturated rings. The van der Waals surface area contributed by atoms with Crippen LogP contribution < -0.4 is 5.32 Å². The Morgan fingerprint density at radius 2 is 1.70 bits per heavy atom. The summed E-state index contributed by atoms with van der Waals surface area (Å²) in [6, 6.07) is 9.84. The molecule has 0 aliphatic heterocycles. The molecule has 4 nitrogen and oxygen atoms in total. The lowest BCUT2D eigenvalue weighted by atomic mass is 10.1. The van der Waals surface area contributed by atoms with E-state index in [1.807, 2.05) is 44.2 Å². The molecule has 0 atom stereocenters. The fraction of sp³-hybridized carbons (Fsp3) is 0.389. The number of aromatic nitrogens is 2. The van der Waals surface area contributed by atoms with Crippen molar-refractivity contribution in [3.8, 4) is 0 Å². The van der Waals surface area contributed by atoms with Crippen LogP contribution in [-0.4, -0.2) is 15.9 Å². The predicted molar refractivity (Wildman–Crippen MR) is 92.7 cm³/mol. The summed E-state index contributed by atoms with van der Waals surface area (Å²) in [5.41, 5.74) is 2.80. The highest BCUT2D eigenvalue weighted by molar-refractivity contribution is 7.99. The molecule has 1 aliphatic carbocycles. The second-order valence-corrected chi connectivity index (χ2v) is 7.07. The van der Waals surface area contributed by atoms with Gasteiger partial charge in [-0.2, -0.15) is 0 Å². The zero-order valence-corrected chi connectivity index (χ0v) is 14.3. The van der Waals surface area contributed by atoms with Crippen molar-refractivity contribution in [1.29, 1.82) is 0 Å². The fourth-order valence-electron chi connectivity index (χ4n) is 2.88. The number of rotatable bonds is 4. The number of amides is 1. The SMILES string of the molecule is Cc1cc(C)nc(Sc2ccc(NC(=O)C3CCCC3)cc2)n1. The van der Waals surface area contributed by atoms with Crippen LogP contribution in [0.2, 0.25) is 0 Å². The summed E-state index contributed by atoms with van der Waals surface area (Å²) in [5.74, 6) is 0.341. The average molecular weight is 327 g/mol. The summed E-state index contributed by atoms with van der Waals surface area (Å²) in [5, 5.41) is 3.77. The Hall–Kier alpha value is -1.88. The van der Waals surface area contributed by atoms with E-state index in [0.717, 1.165) is 40.0 Å². The van der Waals surface area contributed by atoms with Gasteiger partial charge in [-0.3, -0.25) is 4.79 Å². The minimum Gasteiger partial charge on any atom is -0.326 e. The summed E-state index contributed by atoms with van der Waals surface area (Å²) in [7, 11) is 0. The number of hydrogen-bond acceptors (Lipinski definition) is 4. The van der Waals surface area contributed by atoms with Crippen molar-refractivity contribution < 1.29 is 4.79 Å². The van der Waals surface area contributed by atoms with Crippen molar-refractivity contribution in [2.45, 2.75) is 49.6 Å². The minimum atomic E-state index is 0.153. The van der Waals surface area contributed by atoms with Gasteiger partial charge in [0.15, 0.2) is 5.16 Å². The van der Waals surface area contributed by atoms with E-state index >= 15 is 0 Å². The molecule has 1 saturated carbocycles. The first-order valence-electron chi connectivity index (χ1n) is 8.01. The molecule has 1 heterocycles. The molecule has 0 unspecified atom stereocenters. The molecular weight excluding hydrogens is 306 g/mol. The van der Waals surface area contributed by atoms with Gasteiger partial charge < -0.3 is 5.32 Å². The van der Waals surface area contributed by atoms with Crippen LogP contribution in [0.1, 0.15) is 37.1 Å². The van der Waals surface area contributed by atoms with Gasteiger partial charge in [-0.05, 0) is 68.8 Å². The second kappa shape index (κ2) is 7.13. The lowest BCUT2D eigenvalue weighted by molar-refractivity contribution is -0.119. The molecule has 1 aromatic carbocycles. The van der Waals surface area contributed by atoms with Crippen molar-refractivity contribution in [3.63, 3.8) is 0 Å². The van der Waals surface area contributed by atoms with Crippen LogP contribution in [0.5, 0.6) is 0 Å². The standard InChI is InChI=1S/C18H21N3OS/c1-12-11-13(2)20-18(19-12)23-16-9-7-15(8-10-16)21-17(22)14-5-3-4-6-14/h7-11,14H,3-6H2,1-2H3,(H,21,22). The van der Waals surface area contributed by atoms with Gasteiger partial charge >= 0.3 is 0 Å². The predicted octanol–water partition coefficient (Wildman–Crippen LogP) is 4.37. The smallest absolute Gasteiger partial charge is 0.227 e. The Balaban J connectivity index is 1.63. The maximum Gasteiger partial charge on any atom is 0.227 e. The van der Waals surface area contributed by atoms with E-state index in [2.05, 4.69) is 15.3 Å². The molecule has 1 aliphatic rings. The fourth-order valence-corrected chi connectivity index (χ4v) is 3.75. The third-order valence-electron chi connectivity index (χ3n) is 4.02. The molecule has 2 aromatic rings. The van der Waals surface area contributed by atoms with Crippen molar-refractivity contribution in [3.05, 3.63) is 41.7 Å². The molecule has 120 valence electrons. The highest BCUT2D eigenvalue weighted by Gasteiger charge is 2.22. The van der Waals surface area contributed by atoms with Crippen LogP contribution in [0, 0.1) is 19.8 Å². The highest BCUT2D eigenvalue weighted by Crippen LogP contribution is 2.28. The Bertz CT molecular complexity index is 674. The van der Waals surface area contributed by atoms with Gasteiger partial charge in [0.2, 0.25) is 5.91 Å². The lowest BCUT2D eigenvalue weighted by Crippen LogP contribution is -2.20. The summed E-state index contributed by atoms with van der Waals surface area (Å²) < 4.78 is 0. The number of anilines is 1. The molecule has 0 saturated heterocycles. The normalized spacial score (nSPS) is 14.9. The molecule has 0 bridgehead atoms. The topological polar surface area (TPSA) is 54.9 Å². The van der Waals surface area contributed by atoms with Gasteiger partial charge in [-0.25, -0.2) is 9.97 Å². The summed E-state index contributed by atoms with van der Waals surface area (Å²) in [4.78, 5) is 22.1. The summed E-state index contributed by atoms with van der Waals surface area (Å²) in [6.45, 7) is 3.95. The van der Waals surface area contributed by atoms with Crippen molar-refractivity contribution in [1.82, 2.24) is 9.97 Å². The Labute approximate surface area is 141 Å². The van der Waals surface area contributed by atoms with Crippen LogP contribution in [0.3, 0.4) is 0 Å². The number of carbonyl (C=O) groups excluding carboxylic acids is 1. The largest absolute Gasteiger partial charge is 0.326 e. The first-order chi connectivity index (χ1) is 11.1. The third kappa shape index (κ3) is 4.32. The first-order valence-corrected chi connectivity index (χ1v) is 8.83. The van der Waals surface area contributed by atoms with E-state index in [-0.39, 0.29) is 11.8 Å². The second-order valence-electron chi connectivity index (χ2n) is 6.03.